The van der Waals surface area contributed by atoms with Gasteiger partial charge in [0.25, 0.3) is 0 Å². The van der Waals surface area contributed by atoms with E-state index in [9.17, 15) is 4.39 Å². The second-order valence-electron chi connectivity index (χ2n) is 3.84. The van der Waals surface area contributed by atoms with Crippen molar-refractivity contribution in [1.29, 1.82) is 0 Å². The molecule has 2 aromatic rings. The van der Waals surface area contributed by atoms with Crippen LogP contribution < -0.4 is 4.74 Å². The summed E-state index contributed by atoms with van der Waals surface area (Å²) in [7, 11) is 0. The zero-order valence-corrected chi connectivity index (χ0v) is 13.1. The maximum atomic E-state index is 13.4. The Kier molecular flexibility index (Phi) is 4.28. The molecule has 0 saturated heterocycles. The predicted molar refractivity (Wildman–Crippen MR) is 75.7 cm³/mol. The average molecular weight is 366 g/mol. The summed E-state index contributed by atoms with van der Waals surface area (Å²) in [5.74, 6) is -0.0403. The molecule has 0 aliphatic carbocycles. The van der Waals surface area contributed by atoms with E-state index in [2.05, 4.69) is 26.1 Å². The first-order chi connectivity index (χ1) is 8.90. The van der Waals surface area contributed by atoms with Gasteiger partial charge in [0.15, 0.2) is 5.15 Å². The maximum Gasteiger partial charge on any atom is 0.242 e. The van der Waals surface area contributed by atoms with Gasteiger partial charge in [-0.1, -0.05) is 23.2 Å². The number of ether oxygens (including phenoxy) is 1. The van der Waals surface area contributed by atoms with Gasteiger partial charge in [-0.05, 0) is 41.4 Å². The average Bonchev–Trinajstić information content (AvgIpc) is 2.36. The van der Waals surface area contributed by atoms with Gasteiger partial charge in [0.05, 0.1) is 9.50 Å². The van der Waals surface area contributed by atoms with Crippen LogP contribution >= 0.6 is 39.1 Å². The van der Waals surface area contributed by atoms with Gasteiger partial charge in [-0.15, -0.1) is 10.2 Å². The van der Waals surface area contributed by atoms with Crippen molar-refractivity contribution >= 4 is 39.1 Å². The Labute approximate surface area is 127 Å². The van der Waals surface area contributed by atoms with E-state index in [0.29, 0.717) is 9.63 Å². The summed E-state index contributed by atoms with van der Waals surface area (Å²) in [6.45, 7) is 3.60. The minimum absolute atomic E-state index is 0.00863. The monoisotopic (exact) mass is 364 g/mol. The van der Waals surface area contributed by atoms with Crippen LogP contribution in [-0.4, -0.2) is 10.2 Å². The van der Waals surface area contributed by atoms with Crippen LogP contribution in [0.15, 0.2) is 16.6 Å². The van der Waals surface area contributed by atoms with Gasteiger partial charge in [0, 0.05) is 11.6 Å². The highest BCUT2D eigenvalue weighted by molar-refractivity contribution is 9.10. The van der Waals surface area contributed by atoms with E-state index in [1.54, 1.807) is 13.8 Å². The van der Waals surface area contributed by atoms with E-state index in [4.69, 9.17) is 27.9 Å². The third kappa shape index (κ3) is 2.99. The van der Waals surface area contributed by atoms with Gasteiger partial charge in [-0.3, -0.25) is 0 Å². The van der Waals surface area contributed by atoms with E-state index < -0.39 is 5.82 Å². The largest absolute Gasteiger partial charge is 0.436 e. The van der Waals surface area contributed by atoms with Crippen molar-refractivity contribution in [3.05, 3.63) is 43.7 Å². The molecule has 1 aromatic heterocycles. The van der Waals surface area contributed by atoms with Crippen LogP contribution in [0.3, 0.4) is 0 Å². The molecule has 100 valence electrons. The first-order valence-electron chi connectivity index (χ1n) is 5.22. The van der Waals surface area contributed by atoms with Crippen LogP contribution in [0.2, 0.25) is 10.2 Å². The van der Waals surface area contributed by atoms with Crippen molar-refractivity contribution in [2.45, 2.75) is 13.8 Å². The minimum atomic E-state index is -0.573. The number of hydrogen-bond donors (Lipinski definition) is 0. The van der Waals surface area contributed by atoms with E-state index in [1.807, 2.05) is 0 Å². The van der Waals surface area contributed by atoms with Crippen molar-refractivity contribution < 1.29 is 9.13 Å². The van der Waals surface area contributed by atoms with Gasteiger partial charge in [0.1, 0.15) is 11.6 Å². The van der Waals surface area contributed by atoms with Crippen LogP contribution in [-0.2, 0) is 0 Å². The second-order valence-corrected chi connectivity index (χ2v) is 5.46. The summed E-state index contributed by atoms with van der Waals surface area (Å²) in [6.07, 6.45) is 0. The molecule has 0 aliphatic rings. The summed E-state index contributed by atoms with van der Waals surface area (Å²) >= 11 is 14.8. The molecule has 1 aromatic carbocycles. The molecule has 3 nitrogen and oxygen atoms in total. The standard InChI is InChI=1S/C12H8BrCl2FN2O/c1-5-6(2)12(18-17-11(5)15)19-10-4-9(16)8(14)3-7(10)13/h3-4H,1-2H3. The summed E-state index contributed by atoms with van der Waals surface area (Å²) in [4.78, 5) is 0. The van der Waals surface area contributed by atoms with Crippen molar-refractivity contribution in [2.75, 3.05) is 0 Å². The van der Waals surface area contributed by atoms with E-state index in [1.165, 1.54) is 12.1 Å². The molecule has 0 saturated carbocycles. The van der Waals surface area contributed by atoms with Gasteiger partial charge < -0.3 is 4.74 Å². The van der Waals surface area contributed by atoms with Crippen molar-refractivity contribution in [1.82, 2.24) is 10.2 Å². The highest BCUT2D eigenvalue weighted by Gasteiger charge is 2.13. The lowest BCUT2D eigenvalue weighted by atomic mass is 10.2. The summed E-state index contributed by atoms with van der Waals surface area (Å²) in [5, 5.41) is 7.93. The summed E-state index contributed by atoms with van der Waals surface area (Å²) in [6, 6.07) is 2.59. The van der Waals surface area contributed by atoms with Gasteiger partial charge in [-0.2, -0.15) is 0 Å². The number of hydrogen-bond acceptors (Lipinski definition) is 3. The first-order valence-corrected chi connectivity index (χ1v) is 6.77. The van der Waals surface area contributed by atoms with Crippen LogP contribution in [0.25, 0.3) is 0 Å². The second kappa shape index (κ2) is 5.61. The van der Waals surface area contributed by atoms with E-state index >= 15 is 0 Å². The van der Waals surface area contributed by atoms with Crippen LogP contribution in [0.5, 0.6) is 11.6 Å². The Morgan fingerprint density at radius 1 is 1.16 bits per heavy atom. The Bertz CT molecular complexity index is 652. The van der Waals surface area contributed by atoms with Crippen molar-refractivity contribution in [2.24, 2.45) is 0 Å². The Balaban J connectivity index is 2.42. The van der Waals surface area contributed by atoms with E-state index in [0.717, 1.165) is 11.1 Å². The highest BCUT2D eigenvalue weighted by Crippen LogP contribution is 2.34. The molecule has 0 unspecified atom stereocenters. The maximum absolute atomic E-state index is 13.4. The van der Waals surface area contributed by atoms with Crippen molar-refractivity contribution in [3.63, 3.8) is 0 Å². The van der Waals surface area contributed by atoms with Crippen LogP contribution in [0, 0.1) is 19.7 Å². The normalized spacial score (nSPS) is 10.6. The Morgan fingerprint density at radius 3 is 2.53 bits per heavy atom. The fourth-order valence-electron chi connectivity index (χ4n) is 1.34. The third-order valence-electron chi connectivity index (χ3n) is 2.60. The smallest absolute Gasteiger partial charge is 0.242 e. The molecule has 0 radical (unpaired) electrons. The molecule has 0 spiro atoms. The number of rotatable bonds is 2. The van der Waals surface area contributed by atoms with E-state index in [-0.39, 0.29) is 16.7 Å². The van der Waals surface area contributed by atoms with Gasteiger partial charge in [0.2, 0.25) is 5.88 Å². The lowest BCUT2D eigenvalue weighted by Crippen LogP contribution is -1.98. The van der Waals surface area contributed by atoms with Crippen LogP contribution in [0.4, 0.5) is 4.39 Å². The molecule has 0 amide bonds. The number of halogens is 4. The molecule has 19 heavy (non-hydrogen) atoms. The predicted octanol–water partition coefficient (Wildman–Crippen LogP) is 5.09. The lowest BCUT2D eigenvalue weighted by Gasteiger charge is -2.11. The van der Waals surface area contributed by atoms with Gasteiger partial charge in [-0.25, -0.2) is 4.39 Å². The third-order valence-corrected chi connectivity index (χ3v) is 3.87. The quantitative estimate of drug-likeness (QED) is 0.695. The fraction of sp³-hybridized carbons (Fsp3) is 0.167. The summed E-state index contributed by atoms with van der Waals surface area (Å²) in [5.41, 5.74) is 1.50. The SMILES string of the molecule is Cc1c(Cl)nnc(Oc2cc(F)c(Cl)cc2Br)c1C. The van der Waals surface area contributed by atoms with Gasteiger partial charge >= 0.3 is 0 Å². The number of nitrogens with zero attached hydrogens (tertiary/aromatic N) is 2. The topological polar surface area (TPSA) is 35.0 Å². The summed E-state index contributed by atoms with van der Waals surface area (Å²) < 4.78 is 19.5. The molecule has 0 fully saturated rings. The molecule has 1 heterocycles. The van der Waals surface area contributed by atoms with Crippen LogP contribution in [0.1, 0.15) is 11.1 Å². The lowest BCUT2D eigenvalue weighted by molar-refractivity contribution is 0.443. The number of benzene rings is 1. The fourth-order valence-corrected chi connectivity index (χ4v) is 2.24. The highest BCUT2D eigenvalue weighted by atomic mass is 79.9. The van der Waals surface area contributed by atoms with Crippen molar-refractivity contribution in [3.8, 4) is 11.6 Å². The Hall–Kier alpha value is -0.910. The molecule has 0 bridgehead atoms. The molecule has 0 N–H and O–H groups in total. The molecule has 0 atom stereocenters. The molecule has 2 rings (SSSR count). The molecular weight excluding hydrogens is 358 g/mol. The first kappa shape index (κ1) is 14.5. The Morgan fingerprint density at radius 2 is 1.84 bits per heavy atom. The number of aromatic nitrogens is 2. The molecular formula is C12H8BrCl2FN2O. The molecule has 7 heteroatoms. The zero-order chi connectivity index (χ0) is 14.2. The minimum Gasteiger partial charge on any atom is -0.436 e. The zero-order valence-electron chi connectivity index (χ0n) is 9.97. The molecule has 0 aliphatic heterocycles.